The van der Waals surface area contributed by atoms with Crippen LogP contribution in [0.1, 0.15) is 37.3 Å². The second-order valence-corrected chi connectivity index (χ2v) is 9.48. The molecule has 8 nitrogen and oxygen atoms in total. The van der Waals surface area contributed by atoms with Gasteiger partial charge in [-0.25, -0.2) is 4.98 Å². The third kappa shape index (κ3) is 5.08. The summed E-state index contributed by atoms with van der Waals surface area (Å²) < 4.78 is 9.37. The molecule has 0 radical (unpaired) electrons. The van der Waals surface area contributed by atoms with Gasteiger partial charge in [-0.3, -0.25) is 9.59 Å². The van der Waals surface area contributed by atoms with Crippen molar-refractivity contribution in [2.45, 2.75) is 52.2 Å². The van der Waals surface area contributed by atoms with Crippen LogP contribution in [-0.4, -0.2) is 49.6 Å². The molecule has 0 unspecified atom stereocenters. The van der Waals surface area contributed by atoms with Gasteiger partial charge in [-0.1, -0.05) is 6.07 Å². The van der Waals surface area contributed by atoms with Crippen LogP contribution in [0.5, 0.6) is 0 Å². The number of ether oxygens (including phenoxy) is 1. The van der Waals surface area contributed by atoms with Crippen molar-refractivity contribution in [1.82, 2.24) is 14.1 Å². The number of rotatable bonds is 8. The third-order valence-corrected chi connectivity index (χ3v) is 6.86. The van der Waals surface area contributed by atoms with E-state index in [4.69, 9.17) is 9.72 Å². The molecule has 0 saturated carbocycles. The molecule has 1 aliphatic heterocycles. The predicted octanol–water partition coefficient (Wildman–Crippen LogP) is 3.15. The summed E-state index contributed by atoms with van der Waals surface area (Å²) in [4.78, 5) is 28.7. The van der Waals surface area contributed by atoms with Crippen LogP contribution in [0.3, 0.4) is 0 Å². The average Bonchev–Trinajstić information content (AvgIpc) is 3.15. The first-order valence-electron chi connectivity index (χ1n) is 11.9. The Bertz CT molecular complexity index is 1210. The van der Waals surface area contributed by atoms with Gasteiger partial charge in [0.15, 0.2) is 0 Å². The molecule has 0 amide bonds. The summed E-state index contributed by atoms with van der Waals surface area (Å²) in [6.45, 7) is 5.69. The first kappa shape index (κ1) is 24.2. The normalized spacial score (nSPS) is 16.6. The van der Waals surface area contributed by atoms with Crippen molar-refractivity contribution in [1.29, 1.82) is 0 Å². The highest BCUT2D eigenvalue weighted by molar-refractivity contribution is 5.81. The zero-order valence-corrected chi connectivity index (χ0v) is 20.0. The summed E-state index contributed by atoms with van der Waals surface area (Å²) in [5.74, 6) is -0.472. The molecule has 1 fully saturated rings. The molecule has 8 heteroatoms. The molecule has 182 valence electrons. The number of pyridine rings is 1. The molecule has 3 aromatic rings. The Morgan fingerprint density at radius 2 is 2.00 bits per heavy atom. The highest BCUT2D eigenvalue weighted by Gasteiger charge is 2.23. The predicted molar refractivity (Wildman–Crippen MR) is 130 cm³/mol. The van der Waals surface area contributed by atoms with Crippen LogP contribution < -0.4 is 5.56 Å². The third-order valence-electron chi connectivity index (χ3n) is 6.86. The van der Waals surface area contributed by atoms with E-state index in [1.165, 1.54) is 6.92 Å². The van der Waals surface area contributed by atoms with E-state index in [9.17, 15) is 19.8 Å². The number of imidazole rings is 1. The number of aliphatic hydroxyl groups excluding tert-OH is 1. The number of carboxylic acids is 1. The summed E-state index contributed by atoms with van der Waals surface area (Å²) in [6.07, 6.45) is 3.82. The van der Waals surface area contributed by atoms with Crippen molar-refractivity contribution in [2.75, 3.05) is 13.2 Å². The van der Waals surface area contributed by atoms with Gasteiger partial charge < -0.3 is 24.1 Å². The molecule has 1 saturated heterocycles. The lowest BCUT2D eigenvalue weighted by Gasteiger charge is -2.23. The fraction of sp³-hybridized carbons (Fsp3) is 0.500. The van der Waals surface area contributed by atoms with Crippen molar-refractivity contribution in [3.8, 4) is 11.4 Å². The van der Waals surface area contributed by atoms with Crippen LogP contribution in [0.2, 0.25) is 0 Å². The highest BCUT2D eigenvalue weighted by atomic mass is 16.5. The van der Waals surface area contributed by atoms with Crippen molar-refractivity contribution in [3.05, 3.63) is 51.9 Å². The summed E-state index contributed by atoms with van der Waals surface area (Å²) >= 11 is 0. The van der Waals surface area contributed by atoms with E-state index in [-0.39, 0.29) is 5.56 Å². The monoisotopic (exact) mass is 467 g/mol. The molecule has 0 aliphatic carbocycles. The summed E-state index contributed by atoms with van der Waals surface area (Å²) in [5, 5.41) is 19.2. The number of nitrogens with zero attached hydrogens (tertiary/aromatic N) is 3. The molecule has 3 heterocycles. The zero-order chi connectivity index (χ0) is 24.4. The molecule has 1 aliphatic rings. The van der Waals surface area contributed by atoms with E-state index in [1.807, 2.05) is 37.4 Å². The Morgan fingerprint density at radius 3 is 2.65 bits per heavy atom. The minimum absolute atomic E-state index is 0.0239. The van der Waals surface area contributed by atoms with E-state index in [1.54, 1.807) is 11.6 Å². The van der Waals surface area contributed by atoms with Crippen LogP contribution in [0.15, 0.2) is 35.3 Å². The maximum absolute atomic E-state index is 12.3. The number of hydrogen-bond donors (Lipinski definition) is 2. The largest absolute Gasteiger partial charge is 0.481 e. The number of benzene rings is 1. The van der Waals surface area contributed by atoms with Gasteiger partial charge in [0.2, 0.25) is 0 Å². The second kappa shape index (κ2) is 10.1. The number of carbonyl (C=O) groups is 1. The Morgan fingerprint density at radius 1 is 1.26 bits per heavy atom. The molecule has 0 spiro atoms. The molecular formula is C26H33N3O5. The number of aryl methyl sites for hydroxylation is 3. The smallest absolute Gasteiger partial charge is 0.309 e. The quantitative estimate of drug-likeness (QED) is 0.527. The Kier molecular flexibility index (Phi) is 7.19. The summed E-state index contributed by atoms with van der Waals surface area (Å²) in [5.41, 5.74) is 4.38. The Hall–Kier alpha value is -2.97. The fourth-order valence-corrected chi connectivity index (χ4v) is 4.82. The minimum Gasteiger partial charge on any atom is -0.481 e. The standard InChI is InChI=1S/C26H33N3O5/c1-16-12-20(15-28(3)25(16)31)24-27-22-13-18(4-6-21(17(2)30)26(32)33)5-7-23(22)29(24)14-19-8-10-34-11-9-19/h5,7,12-13,15,17,19,21,30H,4,6,8-11,14H2,1-3H3,(H,32,33)/t17-,21+/m1/s1. The van der Waals surface area contributed by atoms with E-state index in [2.05, 4.69) is 4.57 Å². The van der Waals surface area contributed by atoms with Gasteiger partial charge in [0.05, 0.1) is 23.1 Å². The number of aromatic nitrogens is 3. The number of hydrogen-bond acceptors (Lipinski definition) is 5. The molecular weight excluding hydrogens is 434 g/mol. The van der Waals surface area contributed by atoms with Gasteiger partial charge in [0.1, 0.15) is 5.82 Å². The second-order valence-electron chi connectivity index (χ2n) is 9.48. The number of aliphatic hydroxyl groups is 1. The summed E-state index contributed by atoms with van der Waals surface area (Å²) in [6, 6.07) is 7.97. The Labute approximate surface area is 198 Å². The molecule has 1 aromatic carbocycles. The summed E-state index contributed by atoms with van der Waals surface area (Å²) in [7, 11) is 1.75. The minimum atomic E-state index is -0.982. The van der Waals surface area contributed by atoms with Crippen molar-refractivity contribution >= 4 is 17.0 Å². The molecule has 2 aromatic heterocycles. The topological polar surface area (TPSA) is 107 Å². The molecule has 2 atom stereocenters. The van der Waals surface area contributed by atoms with Gasteiger partial charge in [-0.05, 0) is 69.2 Å². The molecule has 0 bridgehead atoms. The van der Waals surface area contributed by atoms with Crippen molar-refractivity contribution < 1.29 is 19.7 Å². The Balaban J connectivity index is 1.72. The lowest BCUT2D eigenvalue weighted by molar-refractivity contribution is -0.145. The number of fused-ring (bicyclic) bond motifs is 1. The molecule has 2 N–H and O–H groups in total. The van der Waals surface area contributed by atoms with Gasteiger partial charge >= 0.3 is 5.97 Å². The molecule has 34 heavy (non-hydrogen) atoms. The lowest BCUT2D eigenvalue weighted by atomic mass is 9.95. The maximum atomic E-state index is 12.3. The van der Waals surface area contributed by atoms with Gasteiger partial charge in [0.25, 0.3) is 5.56 Å². The van der Waals surface area contributed by atoms with E-state index < -0.39 is 18.0 Å². The molecule has 4 rings (SSSR count). The maximum Gasteiger partial charge on any atom is 0.309 e. The van der Waals surface area contributed by atoms with Crippen LogP contribution in [0, 0.1) is 18.8 Å². The van der Waals surface area contributed by atoms with Crippen LogP contribution in [-0.2, 0) is 29.5 Å². The first-order valence-corrected chi connectivity index (χ1v) is 11.9. The first-order chi connectivity index (χ1) is 16.2. The van der Waals surface area contributed by atoms with Crippen molar-refractivity contribution in [3.63, 3.8) is 0 Å². The average molecular weight is 468 g/mol. The SMILES string of the molecule is Cc1cc(-c2nc3cc(CC[C@H](C(=O)O)[C@@H](C)O)ccc3n2CC2CCOCC2)cn(C)c1=O. The van der Waals surface area contributed by atoms with E-state index in [0.29, 0.717) is 24.3 Å². The van der Waals surface area contributed by atoms with Crippen LogP contribution >= 0.6 is 0 Å². The fourth-order valence-electron chi connectivity index (χ4n) is 4.82. The van der Waals surface area contributed by atoms with E-state index in [0.717, 1.165) is 60.6 Å². The number of carboxylic acid groups (broad SMARTS) is 1. The van der Waals surface area contributed by atoms with Crippen LogP contribution in [0.4, 0.5) is 0 Å². The zero-order valence-electron chi connectivity index (χ0n) is 20.0. The van der Waals surface area contributed by atoms with Crippen molar-refractivity contribution in [2.24, 2.45) is 18.9 Å². The van der Waals surface area contributed by atoms with Gasteiger partial charge in [-0.15, -0.1) is 0 Å². The highest BCUT2D eigenvalue weighted by Crippen LogP contribution is 2.29. The lowest BCUT2D eigenvalue weighted by Crippen LogP contribution is -2.26. The van der Waals surface area contributed by atoms with Gasteiger partial charge in [0, 0.05) is 44.1 Å². The number of aliphatic carboxylic acids is 1. The van der Waals surface area contributed by atoms with Gasteiger partial charge in [-0.2, -0.15) is 0 Å². The van der Waals surface area contributed by atoms with E-state index >= 15 is 0 Å². The van der Waals surface area contributed by atoms with Crippen LogP contribution in [0.25, 0.3) is 22.4 Å².